The van der Waals surface area contributed by atoms with E-state index in [1.165, 1.54) is 6.07 Å². The fourth-order valence-corrected chi connectivity index (χ4v) is 1.37. The molecule has 0 bridgehead atoms. The minimum absolute atomic E-state index is 0.0615. The molecule has 0 aromatic heterocycles. The quantitative estimate of drug-likeness (QED) is 0.577. The molecule has 17 heavy (non-hydrogen) atoms. The third-order valence-electron chi connectivity index (χ3n) is 2.15. The van der Waals surface area contributed by atoms with Crippen molar-refractivity contribution in [3.63, 3.8) is 0 Å². The van der Waals surface area contributed by atoms with Crippen LogP contribution in [0, 0.1) is 18.2 Å². The van der Waals surface area contributed by atoms with E-state index in [2.05, 4.69) is 11.2 Å². The lowest BCUT2D eigenvalue weighted by Gasteiger charge is -2.11. The van der Waals surface area contributed by atoms with Gasteiger partial charge < -0.3 is 14.8 Å². The summed E-state index contributed by atoms with van der Waals surface area (Å²) in [6.07, 6.45) is 5.09. The molecule has 0 aliphatic carbocycles. The van der Waals surface area contributed by atoms with Crippen molar-refractivity contribution in [2.45, 2.75) is 6.54 Å². The summed E-state index contributed by atoms with van der Waals surface area (Å²) in [5.74, 6) is 2.14. The second kappa shape index (κ2) is 7.66. The average Bonchev–Trinajstić information content (AvgIpc) is 2.34. The van der Waals surface area contributed by atoms with Gasteiger partial charge in [-0.05, 0) is 6.07 Å². The van der Waals surface area contributed by atoms with Gasteiger partial charge in [-0.25, -0.2) is 4.39 Å². The van der Waals surface area contributed by atoms with E-state index in [1.54, 1.807) is 19.2 Å². The SMILES string of the molecule is C#CCOc1c(F)cccc1CNCCOC. The fourth-order valence-electron chi connectivity index (χ4n) is 1.37. The molecule has 0 aliphatic heterocycles. The summed E-state index contributed by atoms with van der Waals surface area (Å²) in [5, 5.41) is 3.12. The molecule has 3 nitrogen and oxygen atoms in total. The lowest BCUT2D eigenvalue weighted by molar-refractivity contribution is 0.199. The molecule has 1 aromatic carbocycles. The summed E-state index contributed by atoms with van der Waals surface area (Å²) in [4.78, 5) is 0. The first kappa shape index (κ1) is 13.5. The van der Waals surface area contributed by atoms with Gasteiger partial charge in [-0.3, -0.25) is 0 Å². The highest BCUT2D eigenvalue weighted by Gasteiger charge is 2.08. The Morgan fingerprint density at radius 1 is 1.47 bits per heavy atom. The second-order valence-electron chi connectivity index (χ2n) is 3.39. The van der Waals surface area contributed by atoms with Gasteiger partial charge >= 0.3 is 0 Å². The number of rotatable bonds is 7. The summed E-state index contributed by atoms with van der Waals surface area (Å²) in [6, 6.07) is 4.80. The van der Waals surface area contributed by atoms with Crippen molar-refractivity contribution in [2.75, 3.05) is 26.9 Å². The molecular formula is C13H16FNO2. The van der Waals surface area contributed by atoms with Crippen molar-refractivity contribution >= 4 is 0 Å². The van der Waals surface area contributed by atoms with Crippen LogP contribution >= 0.6 is 0 Å². The maximum absolute atomic E-state index is 13.5. The third kappa shape index (κ3) is 4.43. The normalized spacial score (nSPS) is 9.94. The Kier molecular flexibility index (Phi) is 6.08. The van der Waals surface area contributed by atoms with Crippen molar-refractivity contribution in [3.05, 3.63) is 29.6 Å². The molecule has 0 fully saturated rings. The van der Waals surface area contributed by atoms with E-state index in [-0.39, 0.29) is 12.4 Å². The molecule has 0 unspecified atom stereocenters. The average molecular weight is 237 g/mol. The first-order valence-corrected chi connectivity index (χ1v) is 5.33. The lowest BCUT2D eigenvalue weighted by Crippen LogP contribution is -2.19. The van der Waals surface area contributed by atoms with E-state index >= 15 is 0 Å². The summed E-state index contributed by atoms with van der Waals surface area (Å²) in [6.45, 7) is 1.88. The van der Waals surface area contributed by atoms with E-state index in [9.17, 15) is 4.39 Å². The number of hydrogen-bond donors (Lipinski definition) is 1. The number of ether oxygens (including phenoxy) is 2. The van der Waals surface area contributed by atoms with Gasteiger partial charge in [-0.15, -0.1) is 6.42 Å². The highest BCUT2D eigenvalue weighted by atomic mass is 19.1. The Hall–Kier alpha value is -1.57. The fraction of sp³-hybridized carbons (Fsp3) is 0.385. The second-order valence-corrected chi connectivity index (χ2v) is 3.39. The van der Waals surface area contributed by atoms with Crippen molar-refractivity contribution in [2.24, 2.45) is 0 Å². The van der Waals surface area contributed by atoms with Gasteiger partial charge in [-0.2, -0.15) is 0 Å². The first-order valence-electron chi connectivity index (χ1n) is 5.33. The van der Waals surface area contributed by atoms with E-state index < -0.39 is 5.82 Å². The maximum Gasteiger partial charge on any atom is 0.165 e. The highest BCUT2D eigenvalue weighted by Crippen LogP contribution is 2.22. The highest BCUT2D eigenvalue weighted by molar-refractivity contribution is 5.35. The lowest BCUT2D eigenvalue weighted by atomic mass is 10.2. The van der Waals surface area contributed by atoms with Gasteiger partial charge in [-0.1, -0.05) is 18.1 Å². The predicted octanol–water partition coefficient (Wildman–Crippen LogP) is 1.57. The predicted molar refractivity (Wildman–Crippen MR) is 64.3 cm³/mol. The maximum atomic E-state index is 13.5. The van der Waals surface area contributed by atoms with Gasteiger partial charge in [0.1, 0.15) is 6.61 Å². The van der Waals surface area contributed by atoms with Gasteiger partial charge in [0.05, 0.1) is 6.61 Å². The molecule has 0 spiro atoms. The number of para-hydroxylation sites is 1. The number of methoxy groups -OCH3 is 1. The molecule has 1 N–H and O–H groups in total. The zero-order valence-electron chi connectivity index (χ0n) is 9.83. The number of benzene rings is 1. The van der Waals surface area contributed by atoms with E-state index in [0.717, 1.165) is 5.56 Å². The topological polar surface area (TPSA) is 30.5 Å². The summed E-state index contributed by atoms with van der Waals surface area (Å²) in [7, 11) is 1.63. The molecule has 1 rings (SSSR count). The Morgan fingerprint density at radius 2 is 2.29 bits per heavy atom. The van der Waals surface area contributed by atoms with Gasteiger partial charge in [0.2, 0.25) is 0 Å². The van der Waals surface area contributed by atoms with Gasteiger partial charge in [0.25, 0.3) is 0 Å². The van der Waals surface area contributed by atoms with Crippen LogP contribution in [0.4, 0.5) is 4.39 Å². The molecule has 4 heteroatoms. The minimum atomic E-state index is -0.397. The van der Waals surface area contributed by atoms with Gasteiger partial charge in [0.15, 0.2) is 11.6 Å². The van der Waals surface area contributed by atoms with Gasteiger partial charge in [0, 0.05) is 25.8 Å². The third-order valence-corrected chi connectivity index (χ3v) is 2.15. The smallest absolute Gasteiger partial charge is 0.165 e. The Labute approximate surface area is 101 Å². The zero-order chi connectivity index (χ0) is 12.5. The Balaban J connectivity index is 2.63. The molecule has 0 saturated carbocycles. The minimum Gasteiger partial charge on any atom is -0.478 e. The van der Waals surface area contributed by atoms with Crippen molar-refractivity contribution < 1.29 is 13.9 Å². The summed E-state index contributed by atoms with van der Waals surface area (Å²) < 4.78 is 23.6. The van der Waals surface area contributed by atoms with Crippen molar-refractivity contribution in [1.29, 1.82) is 0 Å². The van der Waals surface area contributed by atoms with Crippen LogP contribution in [0.2, 0.25) is 0 Å². The monoisotopic (exact) mass is 237 g/mol. The van der Waals surface area contributed by atoms with E-state index in [0.29, 0.717) is 19.7 Å². The molecular weight excluding hydrogens is 221 g/mol. The van der Waals surface area contributed by atoms with E-state index in [4.69, 9.17) is 15.9 Å². The van der Waals surface area contributed by atoms with E-state index in [1.807, 2.05) is 0 Å². The Morgan fingerprint density at radius 3 is 3.00 bits per heavy atom. The summed E-state index contributed by atoms with van der Waals surface area (Å²) >= 11 is 0. The van der Waals surface area contributed by atoms with Crippen LogP contribution in [0.3, 0.4) is 0 Å². The first-order chi connectivity index (χ1) is 8.29. The standard InChI is InChI=1S/C13H16FNO2/c1-3-8-17-13-11(5-4-6-12(13)14)10-15-7-9-16-2/h1,4-6,15H,7-10H2,2H3. The van der Waals surface area contributed by atoms with Crippen LogP contribution in [0.25, 0.3) is 0 Å². The molecule has 0 atom stereocenters. The van der Waals surface area contributed by atoms with Crippen LogP contribution in [0.15, 0.2) is 18.2 Å². The Bertz CT molecular complexity index is 387. The van der Waals surface area contributed by atoms with Crippen LogP contribution in [0.5, 0.6) is 5.75 Å². The zero-order valence-corrected chi connectivity index (χ0v) is 9.83. The van der Waals surface area contributed by atoms with Crippen molar-refractivity contribution in [1.82, 2.24) is 5.32 Å². The number of terminal acetylenes is 1. The molecule has 0 saturated heterocycles. The molecule has 1 aromatic rings. The molecule has 0 heterocycles. The summed E-state index contributed by atoms with van der Waals surface area (Å²) in [5.41, 5.74) is 0.747. The van der Waals surface area contributed by atoms with Crippen LogP contribution in [0.1, 0.15) is 5.56 Å². The van der Waals surface area contributed by atoms with Crippen LogP contribution in [-0.2, 0) is 11.3 Å². The van der Waals surface area contributed by atoms with Crippen LogP contribution in [-0.4, -0.2) is 26.9 Å². The van der Waals surface area contributed by atoms with Crippen LogP contribution < -0.4 is 10.1 Å². The molecule has 0 radical (unpaired) electrons. The molecule has 0 amide bonds. The largest absolute Gasteiger partial charge is 0.478 e. The van der Waals surface area contributed by atoms with Crippen molar-refractivity contribution in [3.8, 4) is 18.1 Å². The molecule has 92 valence electrons. The molecule has 0 aliphatic rings. The number of nitrogens with one attached hydrogen (secondary N) is 1. The number of hydrogen-bond acceptors (Lipinski definition) is 3. The number of halogens is 1.